The van der Waals surface area contributed by atoms with Crippen molar-refractivity contribution in [1.29, 1.82) is 0 Å². The van der Waals surface area contributed by atoms with Gasteiger partial charge in [0.15, 0.2) is 5.13 Å². The number of carbonyl (C=O) groups excluding carboxylic acids is 2. The summed E-state index contributed by atoms with van der Waals surface area (Å²) in [5, 5.41) is 13.7. The lowest BCUT2D eigenvalue weighted by atomic mass is 9.84. The van der Waals surface area contributed by atoms with Gasteiger partial charge in [0.25, 0.3) is 5.91 Å². The predicted molar refractivity (Wildman–Crippen MR) is 102 cm³/mol. The van der Waals surface area contributed by atoms with Gasteiger partial charge in [0.1, 0.15) is 4.88 Å². The fraction of sp³-hybridized carbons (Fsp3) is 0.556. The molecule has 2 aliphatic carbocycles. The van der Waals surface area contributed by atoms with E-state index in [1.165, 1.54) is 23.1 Å². The zero-order valence-corrected chi connectivity index (χ0v) is 15.8. The van der Waals surface area contributed by atoms with E-state index >= 15 is 0 Å². The van der Waals surface area contributed by atoms with Crippen molar-refractivity contribution in [2.75, 3.05) is 5.73 Å². The van der Waals surface area contributed by atoms with Crippen LogP contribution in [-0.2, 0) is 17.6 Å². The molecule has 1 saturated carbocycles. The minimum atomic E-state index is -0.130. The molecule has 0 bridgehead atoms. The maximum absolute atomic E-state index is 12.6. The highest BCUT2D eigenvalue weighted by Gasteiger charge is 2.30. The number of thiazole rings is 1. The molecule has 5 N–H and O–H groups in total. The van der Waals surface area contributed by atoms with Gasteiger partial charge >= 0.3 is 0 Å². The summed E-state index contributed by atoms with van der Waals surface area (Å²) < 4.78 is 0. The van der Waals surface area contributed by atoms with Gasteiger partial charge in [0, 0.05) is 30.1 Å². The number of anilines is 1. The number of hydrogen-bond donors (Lipinski definition) is 4. The first kappa shape index (κ1) is 18.0. The van der Waals surface area contributed by atoms with Gasteiger partial charge in [-0.15, -0.1) is 0 Å². The van der Waals surface area contributed by atoms with Crippen LogP contribution in [0.4, 0.5) is 5.13 Å². The van der Waals surface area contributed by atoms with Crippen molar-refractivity contribution in [3.8, 4) is 0 Å². The van der Waals surface area contributed by atoms with E-state index in [0.29, 0.717) is 10.0 Å². The summed E-state index contributed by atoms with van der Waals surface area (Å²) >= 11 is 1.19. The molecule has 2 heterocycles. The Morgan fingerprint density at radius 2 is 1.93 bits per heavy atom. The molecule has 0 aromatic carbocycles. The highest BCUT2D eigenvalue weighted by molar-refractivity contribution is 7.17. The quantitative estimate of drug-likeness (QED) is 0.630. The molecule has 2 aromatic rings. The summed E-state index contributed by atoms with van der Waals surface area (Å²) in [7, 11) is 0. The number of aromatic nitrogens is 3. The monoisotopic (exact) mass is 388 g/mol. The summed E-state index contributed by atoms with van der Waals surface area (Å²) in [6, 6.07) is 0.284. The maximum Gasteiger partial charge on any atom is 0.263 e. The van der Waals surface area contributed by atoms with Gasteiger partial charge in [-0.2, -0.15) is 5.10 Å². The molecule has 0 saturated heterocycles. The first-order valence-electron chi connectivity index (χ1n) is 9.42. The van der Waals surface area contributed by atoms with Crippen molar-refractivity contribution < 1.29 is 9.59 Å². The third-order valence-corrected chi connectivity index (χ3v) is 6.37. The van der Waals surface area contributed by atoms with Gasteiger partial charge in [-0.1, -0.05) is 11.3 Å². The fourth-order valence-electron chi connectivity index (χ4n) is 4.00. The average molecular weight is 388 g/mol. The molecule has 2 aromatic heterocycles. The number of rotatable bonds is 4. The van der Waals surface area contributed by atoms with Crippen molar-refractivity contribution in [3.05, 3.63) is 28.5 Å². The number of nitrogens with two attached hydrogens (primary N) is 1. The Morgan fingerprint density at radius 1 is 1.11 bits per heavy atom. The summed E-state index contributed by atoms with van der Waals surface area (Å²) in [6.07, 6.45) is 9.34. The van der Waals surface area contributed by atoms with E-state index in [4.69, 9.17) is 5.73 Å². The van der Waals surface area contributed by atoms with Crippen LogP contribution in [0.3, 0.4) is 0 Å². The molecule has 1 fully saturated rings. The molecule has 0 radical (unpaired) electrons. The predicted octanol–water partition coefficient (Wildman–Crippen LogP) is 1.41. The number of aryl methyl sites for hydroxylation is 1. The van der Waals surface area contributed by atoms with Gasteiger partial charge in [-0.05, 0) is 44.1 Å². The first-order chi connectivity index (χ1) is 13.1. The minimum Gasteiger partial charge on any atom is -0.375 e. The Balaban J connectivity index is 1.23. The highest BCUT2D eigenvalue weighted by Crippen LogP contribution is 2.26. The van der Waals surface area contributed by atoms with Crippen LogP contribution < -0.4 is 16.4 Å². The number of amides is 2. The van der Waals surface area contributed by atoms with Crippen molar-refractivity contribution >= 4 is 28.3 Å². The van der Waals surface area contributed by atoms with E-state index in [1.807, 2.05) is 6.20 Å². The first-order valence-corrected chi connectivity index (χ1v) is 10.2. The van der Waals surface area contributed by atoms with Crippen LogP contribution in [0.5, 0.6) is 0 Å². The minimum absolute atomic E-state index is 0.0281. The van der Waals surface area contributed by atoms with Crippen molar-refractivity contribution in [1.82, 2.24) is 25.8 Å². The van der Waals surface area contributed by atoms with Crippen molar-refractivity contribution in [3.63, 3.8) is 0 Å². The Kier molecular flexibility index (Phi) is 5.11. The number of aromatic amines is 1. The molecular weight excluding hydrogens is 364 g/mol. The third-order valence-electron chi connectivity index (χ3n) is 5.55. The Hall–Kier alpha value is -2.42. The van der Waals surface area contributed by atoms with E-state index < -0.39 is 0 Å². The van der Waals surface area contributed by atoms with Crippen LogP contribution in [0.15, 0.2) is 12.4 Å². The largest absolute Gasteiger partial charge is 0.375 e. The zero-order chi connectivity index (χ0) is 18.8. The maximum atomic E-state index is 12.6. The van der Waals surface area contributed by atoms with Crippen LogP contribution in [0.1, 0.15) is 53.0 Å². The Morgan fingerprint density at radius 3 is 2.67 bits per heavy atom. The van der Waals surface area contributed by atoms with Crippen LogP contribution in [0.2, 0.25) is 0 Å². The highest BCUT2D eigenvalue weighted by atomic mass is 32.1. The SMILES string of the molecule is Nc1ncc(C(=O)NC2CCC(C(=O)NC3CCc4cn[nH]c4C3)CC2)s1. The number of carbonyl (C=O) groups is 2. The lowest BCUT2D eigenvalue weighted by molar-refractivity contribution is -0.126. The molecule has 8 nitrogen and oxygen atoms in total. The second kappa shape index (κ2) is 7.67. The smallest absolute Gasteiger partial charge is 0.263 e. The Bertz CT molecular complexity index is 823. The average Bonchev–Trinajstić information content (AvgIpc) is 3.30. The molecule has 9 heteroatoms. The number of nitrogen functional groups attached to an aromatic ring is 1. The van der Waals surface area contributed by atoms with Crippen LogP contribution in [0, 0.1) is 5.92 Å². The van der Waals surface area contributed by atoms with Crippen LogP contribution in [0.25, 0.3) is 0 Å². The number of nitrogens with zero attached hydrogens (tertiary/aromatic N) is 2. The summed E-state index contributed by atoms with van der Waals surface area (Å²) in [4.78, 5) is 29.3. The zero-order valence-electron chi connectivity index (χ0n) is 15.0. The van der Waals surface area contributed by atoms with Crippen molar-refractivity contribution in [2.45, 2.75) is 57.0 Å². The number of fused-ring (bicyclic) bond motifs is 1. The van der Waals surface area contributed by atoms with E-state index in [1.54, 1.807) is 0 Å². The van der Waals surface area contributed by atoms with Gasteiger partial charge in [-0.25, -0.2) is 4.98 Å². The molecule has 0 aliphatic heterocycles. The Labute approximate surface area is 161 Å². The van der Waals surface area contributed by atoms with Gasteiger partial charge in [0.05, 0.1) is 12.4 Å². The second-order valence-corrected chi connectivity index (χ2v) is 8.47. The van der Waals surface area contributed by atoms with Gasteiger partial charge < -0.3 is 16.4 Å². The number of hydrogen-bond acceptors (Lipinski definition) is 6. The van der Waals surface area contributed by atoms with Crippen LogP contribution >= 0.6 is 11.3 Å². The molecule has 0 spiro atoms. The standard InChI is InChI=1S/C18H24N6O2S/c19-18-20-9-15(27-18)17(26)22-12-4-1-10(2-5-12)16(25)23-13-6-3-11-8-21-24-14(11)7-13/h8-10,12-13H,1-7H2,(H2,19,20)(H,21,24)(H,22,26)(H,23,25). The molecule has 2 amide bonds. The fourth-order valence-corrected chi connectivity index (χ4v) is 4.59. The van der Waals surface area contributed by atoms with Crippen LogP contribution in [-0.4, -0.2) is 39.1 Å². The number of H-pyrrole nitrogens is 1. The summed E-state index contributed by atoms with van der Waals surface area (Å²) in [6.45, 7) is 0. The van der Waals surface area contributed by atoms with E-state index in [-0.39, 0.29) is 29.8 Å². The molecular formula is C18H24N6O2S. The molecule has 2 aliphatic rings. The van der Waals surface area contributed by atoms with E-state index in [9.17, 15) is 9.59 Å². The normalized spacial score (nSPS) is 24.8. The van der Waals surface area contributed by atoms with Gasteiger partial charge in [0.2, 0.25) is 5.91 Å². The van der Waals surface area contributed by atoms with Gasteiger partial charge in [-0.3, -0.25) is 14.7 Å². The van der Waals surface area contributed by atoms with E-state index in [0.717, 1.165) is 50.6 Å². The summed E-state index contributed by atoms with van der Waals surface area (Å²) in [5.74, 6) is 0.0398. The molecule has 27 heavy (non-hydrogen) atoms. The molecule has 1 atom stereocenters. The molecule has 4 rings (SSSR count). The lowest BCUT2D eigenvalue weighted by Crippen LogP contribution is -2.44. The van der Waals surface area contributed by atoms with Crippen molar-refractivity contribution in [2.24, 2.45) is 5.92 Å². The topological polar surface area (TPSA) is 126 Å². The third kappa shape index (κ3) is 4.13. The number of nitrogens with one attached hydrogen (secondary N) is 3. The molecule has 144 valence electrons. The van der Waals surface area contributed by atoms with E-state index in [2.05, 4.69) is 25.8 Å². The summed E-state index contributed by atoms with van der Waals surface area (Å²) in [5.41, 5.74) is 7.98. The molecule has 1 unspecified atom stereocenters. The lowest BCUT2D eigenvalue weighted by Gasteiger charge is -2.30. The second-order valence-electron chi connectivity index (χ2n) is 7.41.